The van der Waals surface area contributed by atoms with Crippen LogP contribution in [0.2, 0.25) is 5.02 Å². The van der Waals surface area contributed by atoms with Gasteiger partial charge in [-0.1, -0.05) is 18.5 Å². The van der Waals surface area contributed by atoms with Gasteiger partial charge in [0, 0.05) is 20.4 Å². The Labute approximate surface area is 177 Å². The molecule has 0 saturated carbocycles. The third kappa shape index (κ3) is 4.69. The number of nitrogens with one attached hydrogen (secondary N) is 1. The summed E-state index contributed by atoms with van der Waals surface area (Å²) in [7, 11) is 3.01. The van der Waals surface area contributed by atoms with Crippen molar-refractivity contribution in [2.24, 2.45) is 4.99 Å². The van der Waals surface area contributed by atoms with Crippen molar-refractivity contribution in [1.29, 1.82) is 0 Å². The van der Waals surface area contributed by atoms with Crippen molar-refractivity contribution in [3.8, 4) is 0 Å². The first-order valence-corrected chi connectivity index (χ1v) is 9.64. The van der Waals surface area contributed by atoms with Gasteiger partial charge in [-0.2, -0.15) is 13.2 Å². The average molecular weight is 443 g/mol. The molecule has 1 N–H and O–H groups in total. The molecule has 0 fully saturated rings. The Morgan fingerprint density at radius 3 is 2.63 bits per heavy atom. The lowest BCUT2D eigenvalue weighted by atomic mass is 10.1. The molecule has 30 heavy (non-hydrogen) atoms. The highest BCUT2D eigenvalue weighted by Gasteiger charge is 2.36. The van der Waals surface area contributed by atoms with Crippen LogP contribution in [0.5, 0.6) is 0 Å². The number of fused-ring (bicyclic) bond motifs is 1. The highest BCUT2D eigenvalue weighted by Crippen LogP contribution is 2.44. The van der Waals surface area contributed by atoms with E-state index in [1.807, 2.05) is 13.0 Å². The fourth-order valence-electron chi connectivity index (χ4n) is 3.21. The molecule has 0 amide bonds. The minimum atomic E-state index is -4.57. The van der Waals surface area contributed by atoms with Gasteiger partial charge in [0.25, 0.3) is 0 Å². The van der Waals surface area contributed by atoms with Crippen LogP contribution < -0.4 is 10.2 Å². The number of ether oxygens (including phenoxy) is 2. The van der Waals surface area contributed by atoms with Crippen molar-refractivity contribution in [2.75, 3.05) is 37.5 Å². The van der Waals surface area contributed by atoms with Crippen molar-refractivity contribution in [1.82, 2.24) is 4.98 Å². The SMILES string of the molecule is CCc1ncccc1N1CC(=NCC(OC)OC)Nc2cc(Cl)c(C(F)(F)F)cc21. The average Bonchev–Trinajstić information content (AvgIpc) is 2.72. The van der Waals surface area contributed by atoms with E-state index in [-0.39, 0.29) is 18.1 Å². The maximum atomic E-state index is 13.5. The number of amidine groups is 1. The molecular weight excluding hydrogens is 421 g/mol. The molecule has 6 nitrogen and oxygen atoms in total. The quantitative estimate of drug-likeness (QED) is 0.645. The van der Waals surface area contributed by atoms with Gasteiger partial charge in [0.2, 0.25) is 0 Å². The topological polar surface area (TPSA) is 59.0 Å². The standard InChI is InChI=1S/C20H22ClF3N4O2/c1-4-14-16(6-5-7-25-14)28-11-18(26-10-19(29-2)30-3)27-15-9-13(21)12(8-17(15)28)20(22,23)24/h5-9,19H,4,10-11H2,1-3H3,(H,26,27). The summed E-state index contributed by atoms with van der Waals surface area (Å²) >= 11 is 5.95. The highest BCUT2D eigenvalue weighted by atomic mass is 35.5. The van der Waals surface area contributed by atoms with Gasteiger partial charge in [0.15, 0.2) is 6.29 Å². The first-order chi connectivity index (χ1) is 14.3. The molecule has 0 spiro atoms. The van der Waals surface area contributed by atoms with Gasteiger partial charge in [-0.25, -0.2) is 0 Å². The molecule has 0 bridgehead atoms. The Balaban J connectivity index is 2.11. The van der Waals surface area contributed by atoms with Gasteiger partial charge in [0.05, 0.1) is 46.4 Å². The van der Waals surface area contributed by atoms with Crippen LogP contribution in [0.3, 0.4) is 0 Å². The van der Waals surface area contributed by atoms with Crippen LogP contribution in [-0.4, -0.2) is 44.4 Å². The normalized spacial score (nSPS) is 15.5. The van der Waals surface area contributed by atoms with Gasteiger partial charge < -0.3 is 19.7 Å². The lowest BCUT2D eigenvalue weighted by Crippen LogP contribution is -2.37. The van der Waals surface area contributed by atoms with Gasteiger partial charge >= 0.3 is 6.18 Å². The maximum Gasteiger partial charge on any atom is 0.417 e. The zero-order chi connectivity index (χ0) is 21.9. The van der Waals surface area contributed by atoms with Crippen molar-refractivity contribution in [3.63, 3.8) is 0 Å². The summed E-state index contributed by atoms with van der Waals surface area (Å²) in [4.78, 5) is 10.6. The van der Waals surface area contributed by atoms with Gasteiger partial charge in [-0.3, -0.25) is 9.98 Å². The van der Waals surface area contributed by atoms with Gasteiger partial charge in [0.1, 0.15) is 5.84 Å². The molecule has 1 aromatic heterocycles. The molecule has 162 valence electrons. The Bertz CT molecular complexity index is 933. The summed E-state index contributed by atoms with van der Waals surface area (Å²) in [6, 6.07) is 5.90. The lowest BCUT2D eigenvalue weighted by Gasteiger charge is -2.34. The number of alkyl halides is 3. The zero-order valence-corrected chi connectivity index (χ0v) is 17.5. The van der Waals surface area contributed by atoms with E-state index in [4.69, 9.17) is 21.1 Å². The van der Waals surface area contributed by atoms with Crippen LogP contribution in [0.15, 0.2) is 35.5 Å². The molecule has 0 aliphatic carbocycles. The van der Waals surface area contributed by atoms with E-state index in [1.54, 1.807) is 17.2 Å². The fraction of sp³-hybridized carbons (Fsp3) is 0.400. The van der Waals surface area contributed by atoms with Crippen molar-refractivity contribution >= 4 is 34.5 Å². The summed E-state index contributed by atoms with van der Waals surface area (Å²) in [5.41, 5.74) is 1.36. The summed E-state index contributed by atoms with van der Waals surface area (Å²) in [6.45, 7) is 2.39. The minimum absolute atomic E-state index is 0.223. The molecule has 0 unspecified atom stereocenters. The van der Waals surface area contributed by atoms with E-state index in [9.17, 15) is 13.2 Å². The number of rotatable bonds is 6. The van der Waals surface area contributed by atoms with E-state index >= 15 is 0 Å². The number of pyridine rings is 1. The number of anilines is 3. The molecular formula is C20H22ClF3N4O2. The van der Waals surface area contributed by atoms with Gasteiger partial charge in [-0.05, 0) is 30.7 Å². The molecule has 1 aromatic carbocycles. The lowest BCUT2D eigenvalue weighted by molar-refractivity contribution is -0.137. The number of aliphatic imine (C=N–C) groups is 1. The number of hydrogen-bond donors (Lipinski definition) is 1. The third-order valence-electron chi connectivity index (χ3n) is 4.72. The predicted octanol–water partition coefficient (Wildman–Crippen LogP) is 4.90. The minimum Gasteiger partial charge on any atom is -0.354 e. The molecule has 2 heterocycles. The van der Waals surface area contributed by atoms with E-state index in [2.05, 4.69) is 15.3 Å². The third-order valence-corrected chi connectivity index (χ3v) is 5.03. The van der Waals surface area contributed by atoms with Crippen LogP contribution >= 0.6 is 11.6 Å². The molecule has 2 aromatic rings. The number of aromatic nitrogens is 1. The predicted molar refractivity (Wildman–Crippen MR) is 111 cm³/mol. The van der Waals surface area contributed by atoms with Gasteiger partial charge in [-0.15, -0.1) is 0 Å². The van der Waals surface area contributed by atoms with Crippen LogP contribution in [0, 0.1) is 0 Å². The Morgan fingerprint density at radius 2 is 2.00 bits per heavy atom. The van der Waals surface area contributed by atoms with Crippen LogP contribution in [-0.2, 0) is 22.1 Å². The number of nitrogens with zero attached hydrogens (tertiary/aromatic N) is 3. The Hall–Kier alpha value is -2.36. The van der Waals surface area contributed by atoms with E-state index < -0.39 is 18.0 Å². The summed E-state index contributed by atoms with van der Waals surface area (Å²) < 4.78 is 50.7. The smallest absolute Gasteiger partial charge is 0.354 e. The first kappa shape index (κ1) is 22.3. The second-order valence-electron chi connectivity index (χ2n) is 6.57. The molecule has 0 atom stereocenters. The Morgan fingerprint density at radius 1 is 1.27 bits per heavy atom. The number of benzene rings is 1. The molecule has 0 saturated heterocycles. The summed E-state index contributed by atoms with van der Waals surface area (Å²) in [6.07, 6.45) is -2.82. The Kier molecular flexibility index (Phi) is 6.84. The monoisotopic (exact) mass is 442 g/mol. The number of methoxy groups -OCH3 is 2. The van der Waals surface area contributed by atoms with Crippen molar-refractivity contribution in [2.45, 2.75) is 25.8 Å². The largest absolute Gasteiger partial charge is 0.417 e. The van der Waals surface area contributed by atoms with Crippen LogP contribution in [0.1, 0.15) is 18.2 Å². The first-order valence-electron chi connectivity index (χ1n) is 9.26. The zero-order valence-electron chi connectivity index (χ0n) is 16.8. The molecule has 1 aliphatic heterocycles. The second kappa shape index (κ2) is 9.20. The number of hydrogen-bond acceptors (Lipinski definition) is 5. The van der Waals surface area contributed by atoms with E-state index in [0.717, 1.165) is 11.8 Å². The molecule has 3 rings (SSSR count). The highest BCUT2D eigenvalue weighted by molar-refractivity contribution is 6.32. The van der Waals surface area contributed by atoms with Crippen LogP contribution in [0.4, 0.5) is 30.2 Å². The maximum absolute atomic E-state index is 13.5. The fourth-order valence-corrected chi connectivity index (χ4v) is 3.49. The summed E-state index contributed by atoms with van der Waals surface area (Å²) in [5.74, 6) is 0.545. The molecule has 10 heteroatoms. The number of aryl methyl sites for hydroxylation is 1. The van der Waals surface area contributed by atoms with E-state index in [0.29, 0.717) is 29.3 Å². The number of halogens is 4. The van der Waals surface area contributed by atoms with Crippen molar-refractivity contribution in [3.05, 3.63) is 46.7 Å². The summed E-state index contributed by atoms with van der Waals surface area (Å²) in [5, 5.41) is 2.70. The van der Waals surface area contributed by atoms with Crippen LogP contribution in [0.25, 0.3) is 0 Å². The second-order valence-corrected chi connectivity index (χ2v) is 6.98. The molecule has 1 aliphatic rings. The molecule has 0 radical (unpaired) electrons. The van der Waals surface area contributed by atoms with Crippen molar-refractivity contribution < 1.29 is 22.6 Å². The van der Waals surface area contributed by atoms with E-state index in [1.165, 1.54) is 20.3 Å².